The summed E-state index contributed by atoms with van der Waals surface area (Å²) in [5.74, 6) is -2.01. The number of aromatic nitrogens is 2. The second-order valence-corrected chi connectivity index (χ2v) is 21.2. The molecule has 10 heteroatoms. The average molecular weight is 569 g/mol. The number of ether oxygens (including phenoxy) is 1. The first-order valence-electron chi connectivity index (χ1n) is 14.0. The van der Waals surface area contributed by atoms with Gasteiger partial charge in [0.15, 0.2) is 0 Å². The molecule has 2 aliphatic carbocycles. The molecule has 1 heterocycles. The zero-order valence-electron chi connectivity index (χ0n) is 23.9. The quantitative estimate of drug-likeness (QED) is 0.234. The number of rotatable bonds is 11. The number of hydrogen-bond donors (Lipinski definition) is 2. The Labute approximate surface area is 230 Å². The van der Waals surface area contributed by atoms with Crippen LogP contribution in [0.2, 0.25) is 25.7 Å². The van der Waals surface area contributed by atoms with Crippen LogP contribution in [0.5, 0.6) is 0 Å². The summed E-state index contributed by atoms with van der Waals surface area (Å²) in [5.41, 5.74) is 9.26. The Morgan fingerprint density at radius 3 is 2.55 bits per heavy atom. The van der Waals surface area contributed by atoms with Crippen molar-refractivity contribution < 1.29 is 17.7 Å². The highest BCUT2D eigenvalue weighted by Crippen LogP contribution is 2.44. The number of nitrogens with two attached hydrogens (primary N) is 1. The average Bonchev–Trinajstić information content (AvgIpc) is 3.59. The van der Waals surface area contributed by atoms with Crippen molar-refractivity contribution >= 4 is 30.1 Å². The standard InChI is InChI=1S/C28H46F2N4O2SSi/c1-27(2,3)37(35)33-25(21-8-7-13-28(29,30)17-21)26-32-22-12-11-20(24(31)19-9-10-19)16-23(22)34(26)18-36-14-15-38(4,5)6/h11-12,16,19,21,24-25,33H,7-10,13-15,17-18,31H2,1-6H3/t21-,24+,25-,37+/m0/s1. The largest absolute Gasteiger partial charge is 0.361 e. The molecule has 3 N–H and O–H groups in total. The number of hydrogen-bond acceptors (Lipinski definition) is 4. The monoisotopic (exact) mass is 568 g/mol. The molecule has 4 rings (SSSR count). The molecule has 1 aromatic carbocycles. The first kappa shape index (κ1) is 29.8. The van der Waals surface area contributed by atoms with Crippen molar-refractivity contribution in [2.45, 2.75) is 114 Å². The van der Waals surface area contributed by atoms with E-state index in [2.05, 4.69) is 30.4 Å². The maximum absolute atomic E-state index is 14.6. The van der Waals surface area contributed by atoms with Gasteiger partial charge in [-0.25, -0.2) is 22.7 Å². The molecule has 0 saturated heterocycles. The maximum Gasteiger partial charge on any atom is 0.248 e. The highest BCUT2D eigenvalue weighted by atomic mass is 32.2. The number of benzene rings is 1. The number of imidazole rings is 1. The van der Waals surface area contributed by atoms with Crippen LogP contribution in [0.4, 0.5) is 8.78 Å². The van der Waals surface area contributed by atoms with Crippen LogP contribution in [0.3, 0.4) is 0 Å². The summed E-state index contributed by atoms with van der Waals surface area (Å²) in [6.45, 7) is 13.5. The fraction of sp³-hybridized carbons (Fsp3) is 0.750. The molecule has 0 bridgehead atoms. The fourth-order valence-corrected chi connectivity index (χ4v) is 6.79. The summed E-state index contributed by atoms with van der Waals surface area (Å²) in [7, 11) is -2.74. The molecular weight excluding hydrogens is 522 g/mol. The molecule has 0 unspecified atom stereocenters. The van der Waals surface area contributed by atoms with Crippen LogP contribution in [-0.2, 0) is 22.5 Å². The summed E-state index contributed by atoms with van der Waals surface area (Å²) >= 11 is 0. The molecule has 0 amide bonds. The van der Waals surface area contributed by atoms with E-state index in [1.54, 1.807) is 0 Å². The van der Waals surface area contributed by atoms with Crippen LogP contribution >= 0.6 is 0 Å². The van der Waals surface area contributed by atoms with Crippen LogP contribution in [0.15, 0.2) is 18.2 Å². The molecular formula is C28H46F2N4O2SSi. The lowest BCUT2D eigenvalue weighted by atomic mass is 9.81. The Morgan fingerprint density at radius 1 is 1.24 bits per heavy atom. The van der Waals surface area contributed by atoms with Gasteiger partial charge in [-0.05, 0) is 82.0 Å². The smallest absolute Gasteiger partial charge is 0.248 e. The maximum atomic E-state index is 14.6. The van der Waals surface area contributed by atoms with Gasteiger partial charge in [-0.15, -0.1) is 0 Å². The SMILES string of the molecule is CC(C)(C)[S@@](=O)N[C@H](c1nc2ccc([C@H](N)C3CC3)cc2n1COCC[Si](C)(C)C)[C@H]1CCCC(F)(F)C1. The molecule has 38 heavy (non-hydrogen) atoms. The lowest BCUT2D eigenvalue weighted by Crippen LogP contribution is -2.42. The third-order valence-electron chi connectivity index (χ3n) is 7.75. The minimum Gasteiger partial charge on any atom is -0.361 e. The number of nitrogens with one attached hydrogen (secondary N) is 1. The summed E-state index contributed by atoms with van der Waals surface area (Å²) < 4.78 is 53.4. The van der Waals surface area contributed by atoms with E-state index in [1.165, 1.54) is 0 Å². The number of nitrogens with zero attached hydrogens (tertiary/aromatic N) is 2. The third kappa shape index (κ3) is 7.50. The van der Waals surface area contributed by atoms with E-state index in [0.717, 1.165) is 35.5 Å². The molecule has 2 saturated carbocycles. The predicted molar refractivity (Wildman–Crippen MR) is 154 cm³/mol. The first-order valence-corrected chi connectivity index (χ1v) is 18.9. The Morgan fingerprint density at radius 2 is 1.95 bits per heavy atom. The summed E-state index contributed by atoms with van der Waals surface area (Å²) in [6, 6.07) is 6.50. The molecule has 6 nitrogen and oxygen atoms in total. The molecule has 214 valence electrons. The van der Waals surface area contributed by atoms with Crippen molar-refractivity contribution in [3.63, 3.8) is 0 Å². The van der Waals surface area contributed by atoms with Gasteiger partial charge in [-0.3, -0.25) is 0 Å². The highest BCUT2D eigenvalue weighted by molar-refractivity contribution is 7.84. The van der Waals surface area contributed by atoms with Gasteiger partial charge in [0, 0.05) is 33.6 Å². The van der Waals surface area contributed by atoms with Gasteiger partial charge < -0.3 is 15.0 Å². The van der Waals surface area contributed by atoms with Gasteiger partial charge in [-0.2, -0.15) is 0 Å². The van der Waals surface area contributed by atoms with Crippen LogP contribution in [0.25, 0.3) is 11.0 Å². The Balaban J connectivity index is 1.75. The van der Waals surface area contributed by atoms with Crippen LogP contribution in [0, 0.1) is 11.8 Å². The minimum absolute atomic E-state index is 0.0293. The Bertz CT molecular complexity index is 1140. The second kappa shape index (κ2) is 11.3. The number of alkyl halides is 2. The highest BCUT2D eigenvalue weighted by Gasteiger charge is 2.42. The van der Waals surface area contributed by atoms with E-state index in [9.17, 15) is 13.0 Å². The van der Waals surface area contributed by atoms with Crippen molar-refractivity contribution in [3.05, 3.63) is 29.6 Å². The van der Waals surface area contributed by atoms with Crippen LogP contribution in [-0.4, -0.2) is 39.1 Å². The van der Waals surface area contributed by atoms with Gasteiger partial charge in [0.2, 0.25) is 5.92 Å². The number of halogens is 2. The van der Waals surface area contributed by atoms with E-state index in [1.807, 2.05) is 37.5 Å². The van der Waals surface area contributed by atoms with E-state index in [0.29, 0.717) is 31.2 Å². The Kier molecular flexibility index (Phi) is 8.89. The summed E-state index contributed by atoms with van der Waals surface area (Å²) in [5, 5.41) is 0. The normalized spacial score (nSPS) is 22.9. The lowest BCUT2D eigenvalue weighted by Gasteiger charge is -2.35. The van der Waals surface area contributed by atoms with Crippen LogP contribution < -0.4 is 10.5 Å². The zero-order valence-corrected chi connectivity index (χ0v) is 25.7. The molecule has 2 fully saturated rings. The molecule has 0 spiro atoms. The second-order valence-electron chi connectivity index (χ2n) is 13.5. The molecule has 0 radical (unpaired) electrons. The molecule has 2 aliphatic rings. The third-order valence-corrected chi connectivity index (χ3v) is 11.0. The van der Waals surface area contributed by atoms with Crippen molar-refractivity contribution in [2.24, 2.45) is 17.6 Å². The lowest BCUT2D eigenvalue weighted by molar-refractivity contribution is -0.0579. The van der Waals surface area contributed by atoms with Crippen LogP contribution in [0.1, 0.15) is 82.8 Å². The minimum atomic E-state index is -2.74. The zero-order chi connectivity index (χ0) is 27.9. The summed E-state index contributed by atoms with van der Waals surface area (Å²) in [4.78, 5) is 4.97. The fourth-order valence-electron chi connectivity index (χ4n) is 5.15. The van der Waals surface area contributed by atoms with E-state index in [4.69, 9.17) is 15.5 Å². The molecule has 4 atom stereocenters. The van der Waals surface area contributed by atoms with Gasteiger partial charge in [-0.1, -0.05) is 25.7 Å². The van der Waals surface area contributed by atoms with Crippen molar-refractivity contribution in [1.82, 2.24) is 14.3 Å². The molecule has 1 aromatic heterocycles. The summed E-state index contributed by atoms with van der Waals surface area (Å²) in [6.07, 6.45) is 3.01. The van der Waals surface area contributed by atoms with Gasteiger partial charge in [0.1, 0.15) is 12.6 Å². The van der Waals surface area contributed by atoms with Crippen molar-refractivity contribution in [2.75, 3.05) is 6.61 Å². The van der Waals surface area contributed by atoms with E-state index >= 15 is 0 Å². The van der Waals surface area contributed by atoms with Crippen molar-refractivity contribution in [1.29, 1.82) is 0 Å². The van der Waals surface area contributed by atoms with E-state index in [-0.39, 0.29) is 25.6 Å². The number of fused-ring (bicyclic) bond motifs is 1. The van der Waals surface area contributed by atoms with E-state index < -0.39 is 41.7 Å². The van der Waals surface area contributed by atoms with Crippen molar-refractivity contribution in [3.8, 4) is 0 Å². The molecule has 2 aromatic rings. The van der Waals surface area contributed by atoms with Gasteiger partial charge in [0.25, 0.3) is 0 Å². The predicted octanol–water partition coefficient (Wildman–Crippen LogP) is 6.68. The van der Waals surface area contributed by atoms with Gasteiger partial charge >= 0.3 is 0 Å². The first-order chi connectivity index (χ1) is 17.6. The van der Waals surface area contributed by atoms with Gasteiger partial charge in [0.05, 0.1) is 32.8 Å². The topological polar surface area (TPSA) is 82.2 Å². The Hall–Kier alpha value is -1.20. The molecule has 0 aliphatic heterocycles.